The van der Waals surface area contributed by atoms with E-state index < -0.39 is 0 Å². The fourth-order valence-corrected chi connectivity index (χ4v) is 1.45. The zero-order valence-corrected chi connectivity index (χ0v) is 10.0. The molecule has 1 heterocycles. The Kier molecular flexibility index (Phi) is 6.76. The van der Waals surface area contributed by atoms with Gasteiger partial charge in [0, 0.05) is 12.1 Å². The van der Waals surface area contributed by atoms with Gasteiger partial charge in [-0.15, -0.1) is 0 Å². The van der Waals surface area contributed by atoms with Gasteiger partial charge in [0.15, 0.2) is 0 Å². The average Bonchev–Trinajstić information content (AvgIpc) is 2.28. The van der Waals surface area contributed by atoms with Gasteiger partial charge in [-0.05, 0) is 44.8 Å². The van der Waals surface area contributed by atoms with Crippen molar-refractivity contribution in [3.05, 3.63) is 23.3 Å². The van der Waals surface area contributed by atoms with Crippen LogP contribution in [0.2, 0.25) is 0 Å². The molecule has 0 unspecified atom stereocenters. The topological polar surface area (TPSA) is 64.9 Å². The van der Waals surface area contributed by atoms with Gasteiger partial charge >= 0.3 is 0 Å². The second-order valence-electron chi connectivity index (χ2n) is 4.05. The third kappa shape index (κ3) is 5.88. The molecule has 1 aliphatic heterocycles. The molecule has 4 nitrogen and oxygen atoms in total. The van der Waals surface area contributed by atoms with Gasteiger partial charge in [0.25, 0.3) is 0 Å². The number of rotatable bonds is 4. The van der Waals surface area contributed by atoms with Crippen molar-refractivity contribution in [1.29, 1.82) is 5.26 Å². The molecule has 1 fully saturated rings. The van der Waals surface area contributed by atoms with E-state index in [9.17, 15) is 4.79 Å². The zero-order valence-electron chi connectivity index (χ0n) is 10.0. The Morgan fingerprint density at radius 2 is 2.12 bits per heavy atom. The molecule has 2 N–H and O–H groups in total. The van der Waals surface area contributed by atoms with E-state index in [0.29, 0.717) is 13.0 Å². The molecule has 0 aromatic heterocycles. The first-order valence-electron chi connectivity index (χ1n) is 6.03. The number of carbonyl (C=O) groups excluding carboxylic acids is 1. The van der Waals surface area contributed by atoms with E-state index in [2.05, 4.69) is 16.7 Å². The van der Waals surface area contributed by atoms with Crippen molar-refractivity contribution in [1.82, 2.24) is 10.6 Å². The zero-order chi connectivity index (χ0) is 12.3. The van der Waals surface area contributed by atoms with Crippen molar-refractivity contribution in [3.8, 4) is 6.07 Å². The molecular weight excluding hydrogens is 214 g/mol. The van der Waals surface area contributed by atoms with Crippen LogP contribution < -0.4 is 10.6 Å². The molecule has 0 radical (unpaired) electrons. The molecule has 2 rings (SSSR count). The highest BCUT2D eigenvalue weighted by atomic mass is 16.1. The summed E-state index contributed by atoms with van der Waals surface area (Å²) in [6.07, 6.45) is 8.60. The summed E-state index contributed by atoms with van der Waals surface area (Å²) in [5.74, 6) is 0. The molecule has 0 spiro atoms. The summed E-state index contributed by atoms with van der Waals surface area (Å²) in [7, 11) is 0. The molecule has 1 saturated heterocycles. The van der Waals surface area contributed by atoms with Crippen LogP contribution in [0.4, 0.5) is 0 Å². The molecular formula is C13H19N3O. The molecule has 1 aliphatic carbocycles. The number of hydrogen-bond donors (Lipinski definition) is 2. The minimum absolute atomic E-state index is 0.686. The lowest BCUT2D eigenvalue weighted by Gasteiger charge is -2.09. The number of hydrogen-bond acceptors (Lipinski definition) is 3. The predicted octanol–water partition coefficient (Wildman–Crippen LogP) is 1.27. The van der Waals surface area contributed by atoms with E-state index in [0.717, 1.165) is 24.8 Å². The van der Waals surface area contributed by atoms with Crippen LogP contribution in [-0.2, 0) is 4.79 Å². The van der Waals surface area contributed by atoms with Crippen molar-refractivity contribution < 1.29 is 4.79 Å². The van der Waals surface area contributed by atoms with Gasteiger partial charge in [0.2, 0.25) is 6.41 Å². The Morgan fingerprint density at radius 3 is 2.53 bits per heavy atom. The SMILES string of the molecule is C1CNC1.N#CC1=CC=C(CCNC=O)CC1. The number of amides is 1. The maximum absolute atomic E-state index is 9.96. The van der Waals surface area contributed by atoms with Gasteiger partial charge in [0.05, 0.1) is 6.07 Å². The normalized spacial score (nSPS) is 17.4. The highest BCUT2D eigenvalue weighted by molar-refractivity contribution is 5.45. The van der Waals surface area contributed by atoms with E-state index in [4.69, 9.17) is 5.26 Å². The Balaban J connectivity index is 0.000000302. The summed E-state index contributed by atoms with van der Waals surface area (Å²) in [6.45, 7) is 3.19. The van der Waals surface area contributed by atoms with Crippen molar-refractivity contribution >= 4 is 6.41 Å². The van der Waals surface area contributed by atoms with Crippen LogP contribution >= 0.6 is 0 Å². The molecule has 4 heteroatoms. The van der Waals surface area contributed by atoms with E-state index in [1.807, 2.05) is 12.2 Å². The Hall–Kier alpha value is -1.60. The van der Waals surface area contributed by atoms with Gasteiger partial charge in [-0.1, -0.05) is 11.6 Å². The van der Waals surface area contributed by atoms with Crippen molar-refractivity contribution in [3.63, 3.8) is 0 Å². The fraction of sp³-hybridized carbons (Fsp3) is 0.538. The fourth-order valence-electron chi connectivity index (χ4n) is 1.45. The first-order chi connectivity index (χ1) is 8.36. The molecule has 1 amide bonds. The monoisotopic (exact) mass is 233 g/mol. The third-order valence-corrected chi connectivity index (χ3v) is 2.76. The van der Waals surface area contributed by atoms with Gasteiger partial charge in [-0.2, -0.15) is 5.26 Å². The second kappa shape index (κ2) is 8.54. The number of nitrogens with zero attached hydrogens (tertiary/aromatic N) is 1. The largest absolute Gasteiger partial charge is 0.358 e. The Morgan fingerprint density at radius 1 is 1.41 bits per heavy atom. The summed E-state index contributed by atoms with van der Waals surface area (Å²) < 4.78 is 0. The van der Waals surface area contributed by atoms with Crippen LogP contribution in [0, 0.1) is 11.3 Å². The minimum atomic E-state index is 0.686. The number of allylic oxidation sites excluding steroid dienone is 3. The summed E-state index contributed by atoms with van der Waals surface area (Å²) in [5.41, 5.74) is 2.14. The molecule has 2 aliphatic rings. The van der Waals surface area contributed by atoms with Crippen LogP contribution in [-0.4, -0.2) is 26.0 Å². The van der Waals surface area contributed by atoms with Gasteiger partial charge in [-0.3, -0.25) is 4.79 Å². The molecule has 0 saturated carbocycles. The molecule has 0 atom stereocenters. The maximum Gasteiger partial charge on any atom is 0.207 e. The van der Waals surface area contributed by atoms with Crippen LogP contribution in [0.1, 0.15) is 25.7 Å². The van der Waals surface area contributed by atoms with E-state index in [-0.39, 0.29) is 0 Å². The lowest BCUT2D eigenvalue weighted by molar-refractivity contribution is -0.109. The standard InChI is InChI=1S/C10H12N2O.C3H7N/c11-7-10-3-1-9(2-4-10)5-6-12-8-13;1-2-4-3-1/h1,3,8H,2,4-6H2,(H,12,13);4H,1-3H2. The molecule has 0 aromatic rings. The van der Waals surface area contributed by atoms with Gasteiger partial charge in [0.1, 0.15) is 0 Å². The van der Waals surface area contributed by atoms with Crippen LogP contribution in [0.15, 0.2) is 23.3 Å². The molecule has 92 valence electrons. The number of nitrogens with one attached hydrogen (secondary N) is 2. The second-order valence-corrected chi connectivity index (χ2v) is 4.05. The van der Waals surface area contributed by atoms with Gasteiger partial charge < -0.3 is 10.6 Å². The van der Waals surface area contributed by atoms with E-state index in [1.165, 1.54) is 25.1 Å². The minimum Gasteiger partial charge on any atom is -0.358 e. The quantitative estimate of drug-likeness (QED) is 0.568. The smallest absolute Gasteiger partial charge is 0.207 e. The summed E-state index contributed by atoms with van der Waals surface area (Å²) in [4.78, 5) is 9.96. The number of carbonyl (C=O) groups is 1. The molecule has 0 bridgehead atoms. The molecule has 17 heavy (non-hydrogen) atoms. The number of nitriles is 1. The van der Waals surface area contributed by atoms with Crippen LogP contribution in [0.3, 0.4) is 0 Å². The summed E-state index contributed by atoms with van der Waals surface area (Å²) in [6, 6.07) is 2.14. The Labute approximate surface area is 102 Å². The highest BCUT2D eigenvalue weighted by Crippen LogP contribution is 2.19. The van der Waals surface area contributed by atoms with Crippen molar-refractivity contribution in [2.24, 2.45) is 0 Å². The first kappa shape index (κ1) is 13.5. The van der Waals surface area contributed by atoms with Crippen LogP contribution in [0.5, 0.6) is 0 Å². The van der Waals surface area contributed by atoms with E-state index in [1.54, 1.807) is 0 Å². The molecule has 0 aromatic carbocycles. The van der Waals surface area contributed by atoms with Crippen LogP contribution in [0.25, 0.3) is 0 Å². The van der Waals surface area contributed by atoms with Crippen molar-refractivity contribution in [2.75, 3.05) is 19.6 Å². The average molecular weight is 233 g/mol. The predicted molar refractivity (Wildman–Crippen MR) is 67.2 cm³/mol. The first-order valence-corrected chi connectivity index (χ1v) is 6.03. The van der Waals surface area contributed by atoms with E-state index >= 15 is 0 Å². The summed E-state index contributed by atoms with van der Waals surface area (Å²) >= 11 is 0. The maximum atomic E-state index is 9.96. The summed E-state index contributed by atoms with van der Waals surface area (Å²) in [5, 5.41) is 14.3. The van der Waals surface area contributed by atoms with Gasteiger partial charge in [-0.25, -0.2) is 0 Å². The van der Waals surface area contributed by atoms with Crippen molar-refractivity contribution in [2.45, 2.75) is 25.7 Å². The third-order valence-electron chi connectivity index (χ3n) is 2.76. The lowest BCUT2D eigenvalue weighted by atomic mass is 9.97. The highest BCUT2D eigenvalue weighted by Gasteiger charge is 2.04. The Bertz CT molecular complexity index is 331. The lowest BCUT2D eigenvalue weighted by Crippen LogP contribution is -2.29.